The van der Waals surface area contributed by atoms with E-state index in [1.807, 2.05) is 11.0 Å². The van der Waals surface area contributed by atoms with Crippen molar-refractivity contribution < 1.29 is 13.2 Å². The van der Waals surface area contributed by atoms with E-state index >= 15 is 0 Å². The molecule has 1 fully saturated rings. The number of carbonyl (C=O) groups is 1. The fraction of sp³-hybridized carbons (Fsp3) is 0.435. The van der Waals surface area contributed by atoms with Crippen molar-refractivity contribution in [3.63, 3.8) is 0 Å². The first-order valence-corrected chi connectivity index (χ1v) is 12.4. The van der Waals surface area contributed by atoms with E-state index in [4.69, 9.17) is 0 Å². The van der Waals surface area contributed by atoms with E-state index in [0.29, 0.717) is 24.4 Å². The van der Waals surface area contributed by atoms with Crippen LogP contribution in [-0.2, 0) is 27.8 Å². The molecule has 2 heterocycles. The molecule has 1 amide bonds. The van der Waals surface area contributed by atoms with Gasteiger partial charge in [-0.3, -0.25) is 4.79 Å². The summed E-state index contributed by atoms with van der Waals surface area (Å²) in [4.78, 5) is 14.9. The van der Waals surface area contributed by atoms with Gasteiger partial charge < -0.3 is 4.90 Å². The van der Waals surface area contributed by atoms with Crippen molar-refractivity contribution in [2.45, 2.75) is 37.1 Å². The van der Waals surface area contributed by atoms with Crippen LogP contribution in [0.25, 0.3) is 11.0 Å². The minimum absolute atomic E-state index is 0.124. The largest absolute Gasteiger partial charge is 0.343 e. The molecule has 0 atom stereocenters. The number of piperidine rings is 1. The second-order valence-corrected chi connectivity index (χ2v) is 10.7. The van der Waals surface area contributed by atoms with Crippen LogP contribution in [0.4, 0.5) is 0 Å². The standard InChI is InChI=1S/C23H29N5O3S/c1-26(2)32(30,31)20-8-9-22-21(17-20)24-25-28(22)15-12-23(29)27-13-10-19(11-14-27)16-18-6-4-3-5-7-18/h3-9,17,19H,10-16H2,1-2H3. The molecule has 0 radical (unpaired) electrons. The number of aryl methyl sites for hydroxylation is 1. The second-order valence-electron chi connectivity index (χ2n) is 8.51. The van der Waals surface area contributed by atoms with Crippen molar-refractivity contribution in [2.24, 2.45) is 5.92 Å². The zero-order valence-corrected chi connectivity index (χ0v) is 19.3. The lowest BCUT2D eigenvalue weighted by molar-refractivity contribution is -0.132. The van der Waals surface area contributed by atoms with Crippen LogP contribution < -0.4 is 0 Å². The van der Waals surface area contributed by atoms with Crippen LogP contribution in [-0.4, -0.2) is 65.7 Å². The first kappa shape index (κ1) is 22.4. The number of amides is 1. The molecule has 0 N–H and O–H groups in total. The van der Waals surface area contributed by atoms with Crippen molar-refractivity contribution in [3.05, 3.63) is 54.1 Å². The van der Waals surface area contributed by atoms with Crippen LogP contribution in [0.2, 0.25) is 0 Å². The molecule has 3 aromatic rings. The topological polar surface area (TPSA) is 88.4 Å². The lowest BCUT2D eigenvalue weighted by Crippen LogP contribution is -2.39. The Morgan fingerprint density at radius 2 is 1.81 bits per heavy atom. The number of aromatic nitrogens is 3. The summed E-state index contributed by atoms with van der Waals surface area (Å²) in [6, 6.07) is 15.3. The molecule has 2 aromatic carbocycles. The molecular formula is C23H29N5O3S. The van der Waals surface area contributed by atoms with Gasteiger partial charge in [0.25, 0.3) is 0 Å². The van der Waals surface area contributed by atoms with E-state index in [0.717, 1.165) is 37.9 Å². The number of hydrogen-bond acceptors (Lipinski definition) is 5. The van der Waals surface area contributed by atoms with Crippen molar-refractivity contribution in [1.82, 2.24) is 24.2 Å². The third kappa shape index (κ3) is 4.83. The van der Waals surface area contributed by atoms with Gasteiger partial charge in [-0.25, -0.2) is 17.4 Å². The average molecular weight is 456 g/mol. The zero-order chi connectivity index (χ0) is 22.7. The smallest absolute Gasteiger partial charge is 0.242 e. The minimum Gasteiger partial charge on any atom is -0.343 e. The highest BCUT2D eigenvalue weighted by molar-refractivity contribution is 7.89. The van der Waals surface area contributed by atoms with Gasteiger partial charge in [-0.2, -0.15) is 0 Å². The highest BCUT2D eigenvalue weighted by atomic mass is 32.2. The molecule has 1 aliphatic heterocycles. The van der Waals surface area contributed by atoms with Crippen LogP contribution in [0.15, 0.2) is 53.4 Å². The fourth-order valence-corrected chi connectivity index (χ4v) is 5.10. The molecule has 9 heteroatoms. The Morgan fingerprint density at radius 1 is 1.09 bits per heavy atom. The highest BCUT2D eigenvalue weighted by Gasteiger charge is 2.23. The number of nitrogens with zero attached hydrogens (tertiary/aromatic N) is 5. The monoisotopic (exact) mass is 455 g/mol. The van der Waals surface area contributed by atoms with Crippen molar-refractivity contribution >= 4 is 27.0 Å². The Morgan fingerprint density at radius 3 is 2.50 bits per heavy atom. The van der Waals surface area contributed by atoms with Gasteiger partial charge in [0.15, 0.2) is 0 Å². The Labute approximate surface area is 188 Å². The van der Waals surface area contributed by atoms with Gasteiger partial charge in [0.05, 0.1) is 17.0 Å². The number of sulfonamides is 1. The number of rotatable bonds is 7. The summed E-state index contributed by atoms with van der Waals surface area (Å²) in [5.41, 5.74) is 2.58. The second kappa shape index (κ2) is 9.38. The van der Waals surface area contributed by atoms with Crippen molar-refractivity contribution in [3.8, 4) is 0 Å². The molecule has 8 nitrogen and oxygen atoms in total. The van der Waals surface area contributed by atoms with E-state index in [2.05, 4.69) is 34.6 Å². The van der Waals surface area contributed by atoms with Gasteiger partial charge in [-0.15, -0.1) is 5.10 Å². The van der Waals surface area contributed by atoms with Crippen LogP contribution in [0.5, 0.6) is 0 Å². The number of carbonyl (C=O) groups excluding carboxylic acids is 1. The number of likely N-dealkylation sites (tertiary alicyclic amines) is 1. The molecule has 0 aliphatic carbocycles. The fourth-order valence-electron chi connectivity index (χ4n) is 4.18. The Kier molecular flexibility index (Phi) is 6.57. The maximum Gasteiger partial charge on any atom is 0.242 e. The van der Waals surface area contributed by atoms with Gasteiger partial charge in [0.1, 0.15) is 5.52 Å². The van der Waals surface area contributed by atoms with E-state index in [9.17, 15) is 13.2 Å². The lowest BCUT2D eigenvalue weighted by Gasteiger charge is -2.32. The summed E-state index contributed by atoms with van der Waals surface area (Å²) in [6.07, 6.45) is 3.46. The minimum atomic E-state index is -3.53. The summed E-state index contributed by atoms with van der Waals surface area (Å²) in [5, 5.41) is 8.22. The van der Waals surface area contributed by atoms with Crippen molar-refractivity contribution in [1.29, 1.82) is 0 Å². The van der Waals surface area contributed by atoms with Crippen LogP contribution in [0.1, 0.15) is 24.8 Å². The number of benzene rings is 2. The Bertz CT molecular complexity index is 1180. The van der Waals surface area contributed by atoms with E-state index in [1.165, 1.54) is 30.0 Å². The maximum atomic E-state index is 12.7. The van der Waals surface area contributed by atoms with Crippen LogP contribution in [0, 0.1) is 5.92 Å². The van der Waals surface area contributed by atoms with Crippen LogP contribution >= 0.6 is 0 Å². The molecule has 1 saturated heterocycles. The van der Waals surface area contributed by atoms with E-state index in [1.54, 1.807) is 16.8 Å². The SMILES string of the molecule is CN(C)S(=O)(=O)c1ccc2c(c1)nnn2CCC(=O)N1CCC(Cc2ccccc2)CC1. The summed E-state index contributed by atoms with van der Waals surface area (Å²) < 4.78 is 27.5. The Hall–Kier alpha value is -2.78. The summed E-state index contributed by atoms with van der Waals surface area (Å²) in [6.45, 7) is 2.00. The van der Waals surface area contributed by atoms with Gasteiger partial charge in [-0.05, 0) is 48.9 Å². The first-order chi connectivity index (χ1) is 15.3. The molecule has 1 aliphatic rings. The molecule has 0 bridgehead atoms. The molecular weight excluding hydrogens is 426 g/mol. The van der Waals surface area contributed by atoms with Gasteiger partial charge >= 0.3 is 0 Å². The molecule has 1 aromatic heterocycles. The average Bonchev–Trinajstić information content (AvgIpc) is 3.21. The molecule has 0 unspecified atom stereocenters. The maximum absolute atomic E-state index is 12.7. The number of hydrogen-bond donors (Lipinski definition) is 0. The molecule has 0 saturated carbocycles. The third-order valence-electron chi connectivity index (χ3n) is 6.14. The van der Waals surface area contributed by atoms with Gasteiger partial charge in [0, 0.05) is 33.6 Å². The predicted octanol–water partition coefficient (Wildman–Crippen LogP) is 2.55. The normalized spacial score (nSPS) is 15.5. The lowest BCUT2D eigenvalue weighted by atomic mass is 9.90. The molecule has 0 spiro atoms. The van der Waals surface area contributed by atoms with Crippen LogP contribution in [0.3, 0.4) is 0 Å². The molecule has 4 rings (SSSR count). The van der Waals surface area contributed by atoms with E-state index in [-0.39, 0.29) is 10.8 Å². The summed E-state index contributed by atoms with van der Waals surface area (Å²) >= 11 is 0. The highest BCUT2D eigenvalue weighted by Crippen LogP contribution is 2.23. The van der Waals surface area contributed by atoms with Gasteiger partial charge in [-0.1, -0.05) is 35.5 Å². The van der Waals surface area contributed by atoms with Crippen molar-refractivity contribution in [2.75, 3.05) is 27.2 Å². The number of fused-ring (bicyclic) bond motifs is 1. The van der Waals surface area contributed by atoms with Gasteiger partial charge in [0.2, 0.25) is 15.9 Å². The zero-order valence-electron chi connectivity index (χ0n) is 18.5. The predicted molar refractivity (Wildman–Crippen MR) is 122 cm³/mol. The summed E-state index contributed by atoms with van der Waals surface area (Å²) in [7, 11) is -0.543. The quantitative estimate of drug-likeness (QED) is 0.546. The third-order valence-corrected chi connectivity index (χ3v) is 7.95. The Balaban J connectivity index is 1.32. The first-order valence-electron chi connectivity index (χ1n) is 10.9. The molecule has 32 heavy (non-hydrogen) atoms. The summed E-state index contributed by atoms with van der Waals surface area (Å²) in [5.74, 6) is 0.743. The van der Waals surface area contributed by atoms with E-state index < -0.39 is 10.0 Å². The molecule has 170 valence electrons.